The Morgan fingerprint density at radius 1 is 1.11 bits per heavy atom. The fraction of sp³-hybridized carbons (Fsp3) is 0.571. The first-order chi connectivity index (χ1) is 8.81. The predicted molar refractivity (Wildman–Crippen MR) is 71.3 cm³/mol. The first-order valence-electron chi connectivity index (χ1n) is 6.22. The van der Waals surface area contributed by atoms with Gasteiger partial charge < -0.3 is 19.5 Å². The minimum atomic E-state index is -0.205. The largest absolute Gasteiger partial charge is 0.377 e. The molecule has 0 aliphatic carbocycles. The molecule has 1 rings (SSSR count). The quantitative estimate of drug-likeness (QED) is 0.683. The van der Waals surface area contributed by atoms with Crippen molar-refractivity contribution < 1.29 is 14.2 Å². The standard InChI is InChI=1S/C14H23NO3/c1-4-18-11-13-8-6-5-7-12(13)9-15-10-14(16-2)17-3/h5-8,14-15H,4,9-11H2,1-3H3. The van der Waals surface area contributed by atoms with E-state index in [4.69, 9.17) is 14.2 Å². The molecule has 0 radical (unpaired) electrons. The van der Waals surface area contributed by atoms with Gasteiger partial charge in [0, 0.05) is 33.9 Å². The van der Waals surface area contributed by atoms with E-state index in [9.17, 15) is 0 Å². The fourth-order valence-corrected chi connectivity index (χ4v) is 1.67. The maximum atomic E-state index is 5.45. The minimum Gasteiger partial charge on any atom is -0.377 e. The highest BCUT2D eigenvalue weighted by molar-refractivity contribution is 5.26. The third kappa shape index (κ3) is 5.14. The van der Waals surface area contributed by atoms with Crippen molar-refractivity contribution in [3.8, 4) is 0 Å². The average Bonchev–Trinajstić information content (AvgIpc) is 2.42. The second-order valence-electron chi connectivity index (χ2n) is 3.94. The molecule has 0 atom stereocenters. The topological polar surface area (TPSA) is 39.7 Å². The molecule has 0 fully saturated rings. The monoisotopic (exact) mass is 253 g/mol. The van der Waals surface area contributed by atoms with E-state index < -0.39 is 0 Å². The number of hydrogen-bond acceptors (Lipinski definition) is 4. The van der Waals surface area contributed by atoms with Gasteiger partial charge in [-0.15, -0.1) is 0 Å². The molecule has 0 aliphatic rings. The highest BCUT2D eigenvalue weighted by Gasteiger charge is 2.05. The van der Waals surface area contributed by atoms with Crippen LogP contribution in [0.15, 0.2) is 24.3 Å². The molecule has 0 saturated carbocycles. The lowest BCUT2D eigenvalue weighted by molar-refractivity contribution is -0.0989. The Morgan fingerprint density at radius 2 is 1.78 bits per heavy atom. The maximum Gasteiger partial charge on any atom is 0.169 e. The van der Waals surface area contributed by atoms with Gasteiger partial charge in [-0.2, -0.15) is 0 Å². The minimum absolute atomic E-state index is 0.205. The lowest BCUT2D eigenvalue weighted by Gasteiger charge is -2.15. The van der Waals surface area contributed by atoms with Gasteiger partial charge in [0.1, 0.15) is 0 Å². The summed E-state index contributed by atoms with van der Waals surface area (Å²) < 4.78 is 15.7. The summed E-state index contributed by atoms with van der Waals surface area (Å²) in [6.07, 6.45) is -0.205. The third-order valence-electron chi connectivity index (χ3n) is 2.73. The first kappa shape index (κ1) is 15.1. The predicted octanol–water partition coefficient (Wildman–Crippen LogP) is 1.93. The Kier molecular flexibility index (Phi) is 7.60. The van der Waals surface area contributed by atoms with Crippen molar-refractivity contribution in [2.24, 2.45) is 0 Å². The second-order valence-corrected chi connectivity index (χ2v) is 3.94. The molecule has 102 valence electrons. The zero-order valence-electron chi connectivity index (χ0n) is 11.4. The fourth-order valence-electron chi connectivity index (χ4n) is 1.67. The van der Waals surface area contributed by atoms with Crippen molar-refractivity contribution in [1.82, 2.24) is 5.32 Å². The third-order valence-corrected chi connectivity index (χ3v) is 2.73. The van der Waals surface area contributed by atoms with Crippen LogP contribution in [-0.4, -0.2) is 33.7 Å². The Morgan fingerprint density at radius 3 is 2.39 bits per heavy atom. The molecule has 0 amide bonds. The van der Waals surface area contributed by atoms with E-state index in [0.29, 0.717) is 13.2 Å². The van der Waals surface area contributed by atoms with E-state index in [1.165, 1.54) is 11.1 Å². The Bertz CT molecular complexity index is 327. The average molecular weight is 253 g/mol. The SMILES string of the molecule is CCOCc1ccccc1CNCC(OC)OC. The molecule has 1 N–H and O–H groups in total. The molecule has 1 aromatic carbocycles. The molecule has 0 aromatic heterocycles. The van der Waals surface area contributed by atoms with Crippen LogP contribution in [-0.2, 0) is 27.4 Å². The van der Waals surface area contributed by atoms with Gasteiger partial charge in [-0.25, -0.2) is 0 Å². The molecule has 0 heterocycles. The summed E-state index contributed by atoms with van der Waals surface area (Å²) in [5.74, 6) is 0. The summed E-state index contributed by atoms with van der Waals surface area (Å²) >= 11 is 0. The molecular formula is C14H23NO3. The second kappa shape index (κ2) is 9.05. The normalized spacial score (nSPS) is 11.1. The number of methoxy groups -OCH3 is 2. The zero-order chi connectivity index (χ0) is 13.2. The van der Waals surface area contributed by atoms with Gasteiger partial charge in [0.25, 0.3) is 0 Å². The number of nitrogens with one attached hydrogen (secondary N) is 1. The van der Waals surface area contributed by atoms with Crippen molar-refractivity contribution in [2.75, 3.05) is 27.4 Å². The number of benzene rings is 1. The van der Waals surface area contributed by atoms with E-state index in [-0.39, 0.29) is 6.29 Å². The molecule has 1 aromatic rings. The van der Waals surface area contributed by atoms with Gasteiger partial charge in [-0.1, -0.05) is 24.3 Å². The van der Waals surface area contributed by atoms with Crippen molar-refractivity contribution >= 4 is 0 Å². The van der Waals surface area contributed by atoms with Crippen LogP contribution in [0.4, 0.5) is 0 Å². The Hall–Kier alpha value is -0.940. The molecule has 0 unspecified atom stereocenters. The highest BCUT2D eigenvalue weighted by Crippen LogP contribution is 2.10. The number of rotatable bonds is 9. The van der Waals surface area contributed by atoms with Crippen molar-refractivity contribution in [2.45, 2.75) is 26.4 Å². The number of hydrogen-bond donors (Lipinski definition) is 1. The van der Waals surface area contributed by atoms with Gasteiger partial charge in [0.15, 0.2) is 6.29 Å². The smallest absolute Gasteiger partial charge is 0.169 e. The molecule has 0 aliphatic heterocycles. The summed E-state index contributed by atoms with van der Waals surface area (Å²) in [5.41, 5.74) is 2.47. The van der Waals surface area contributed by atoms with Crippen molar-refractivity contribution in [1.29, 1.82) is 0 Å². The van der Waals surface area contributed by atoms with Gasteiger partial charge >= 0.3 is 0 Å². The van der Waals surface area contributed by atoms with Crippen molar-refractivity contribution in [3.05, 3.63) is 35.4 Å². The molecule has 4 nitrogen and oxygen atoms in total. The number of ether oxygens (including phenoxy) is 3. The van der Waals surface area contributed by atoms with Crippen LogP contribution >= 0.6 is 0 Å². The maximum absolute atomic E-state index is 5.45. The summed E-state index contributed by atoms with van der Waals surface area (Å²) in [5, 5.41) is 3.31. The lowest BCUT2D eigenvalue weighted by Crippen LogP contribution is -2.29. The summed E-state index contributed by atoms with van der Waals surface area (Å²) in [6.45, 7) is 4.84. The van der Waals surface area contributed by atoms with Crippen LogP contribution in [0.5, 0.6) is 0 Å². The van der Waals surface area contributed by atoms with E-state index in [1.807, 2.05) is 19.1 Å². The molecular weight excluding hydrogens is 230 g/mol. The molecule has 0 saturated heterocycles. The van der Waals surface area contributed by atoms with Crippen LogP contribution in [0.2, 0.25) is 0 Å². The van der Waals surface area contributed by atoms with Gasteiger partial charge in [0.05, 0.1) is 6.61 Å². The van der Waals surface area contributed by atoms with Gasteiger partial charge in [-0.05, 0) is 18.1 Å². The van der Waals surface area contributed by atoms with Crippen LogP contribution in [0.25, 0.3) is 0 Å². The summed E-state index contributed by atoms with van der Waals surface area (Å²) in [6, 6.07) is 8.27. The Balaban J connectivity index is 2.45. The van der Waals surface area contributed by atoms with Crippen molar-refractivity contribution in [3.63, 3.8) is 0 Å². The Labute approximate surface area is 109 Å². The zero-order valence-corrected chi connectivity index (χ0v) is 11.4. The van der Waals surface area contributed by atoms with E-state index >= 15 is 0 Å². The van der Waals surface area contributed by atoms with Gasteiger partial charge in [0.2, 0.25) is 0 Å². The van der Waals surface area contributed by atoms with E-state index in [2.05, 4.69) is 17.4 Å². The van der Waals surface area contributed by atoms with E-state index in [0.717, 1.165) is 13.2 Å². The molecule has 18 heavy (non-hydrogen) atoms. The highest BCUT2D eigenvalue weighted by atomic mass is 16.7. The summed E-state index contributed by atoms with van der Waals surface area (Å²) in [7, 11) is 3.28. The van der Waals surface area contributed by atoms with Crippen LogP contribution in [0.1, 0.15) is 18.1 Å². The van der Waals surface area contributed by atoms with Crippen LogP contribution in [0, 0.1) is 0 Å². The molecule has 4 heteroatoms. The van der Waals surface area contributed by atoms with Crippen LogP contribution in [0.3, 0.4) is 0 Å². The molecule has 0 bridgehead atoms. The first-order valence-corrected chi connectivity index (χ1v) is 6.22. The summed E-state index contributed by atoms with van der Waals surface area (Å²) in [4.78, 5) is 0. The lowest BCUT2D eigenvalue weighted by atomic mass is 10.1. The molecule has 0 spiro atoms. The van der Waals surface area contributed by atoms with Crippen LogP contribution < -0.4 is 5.32 Å². The van der Waals surface area contributed by atoms with E-state index in [1.54, 1.807) is 14.2 Å². The van der Waals surface area contributed by atoms with Gasteiger partial charge in [-0.3, -0.25) is 0 Å².